The summed E-state index contributed by atoms with van der Waals surface area (Å²) in [5, 5.41) is 15.7. The van der Waals surface area contributed by atoms with Crippen molar-refractivity contribution in [3.63, 3.8) is 0 Å². The quantitative estimate of drug-likeness (QED) is 0.442. The van der Waals surface area contributed by atoms with Gasteiger partial charge in [-0.2, -0.15) is 0 Å². The monoisotopic (exact) mass is 514 g/mol. The lowest BCUT2D eigenvalue weighted by Crippen LogP contribution is -2.57. The van der Waals surface area contributed by atoms with Crippen LogP contribution in [-0.2, 0) is 24.0 Å². The van der Waals surface area contributed by atoms with Crippen molar-refractivity contribution in [2.24, 2.45) is 33.7 Å². The van der Waals surface area contributed by atoms with E-state index in [1.54, 1.807) is 6.92 Å². The van der Waals surface area contributed by atoms with Crippen LogP contribution in [0, 0.1) is 28.6 Å². The molecule has 4 fully saturated rings. The number of oxime groups is 1. The fraction of sp³-hybridized carbons (Fsp3) is 0.793. The smallest absolute Gasteiger partial charge is 0.328 e. The molecule has 204 valence electrons. The Kier molecular flexibility index (Phi) is 6.78. The number of methoxy groups -OCH3 is 1. The van der Waals surface area contributed by atoms with E-state index in [1.807, 2.05) is 0 Å². The van der Waals surface area contributed by atoms with Crippen molar-refractivity contribution >= 4 is 23.4 Å². The maximum absolute atomic E-state index is 12.6. The van der Waals surface area contributed by atoms with Gasteiger partial charge in [0.25, 0.3) is 5.91 Å². The summed E-state index contributed by atoms with van der Waals surface area (Å²) < 4.78 is 4.82. The number of likely N-dealkylation sites (tertiary alicyclic amines) is 1. The van der Waals surface area contributed by atoms with Crippen LogP contribution in [0.1, 0.15) is 85.0 Å². The molecule has 8 nitrogen and oxygen atoms in total. The standard InChI is InChI=1S/C29H42N2O6/c1-18(32)29(35)14-11-23-21-8-7-19-16-20(9-12-27(19,2)22(21)10-13-28(23,29)3)30-37-17-25(33)31-15-5-6-24(31)26(34)36-4/h16,21-24,35H,5-15,17H2,1-4H3/t21-,22+,23-,24-,27-,28-,29-/m0/s1. The van der Waals surface area contributed by atoms with E-state index in [4.69, 9.17) is 9.57 Å². The first-order valence-electron chi connectivity index (χ1n) is 14.1. The number of fused-ring (bicyclic) bond motifs is 5. The van der Waals surface area contributed by atoms with Crippen molar-refractivity contribution < 1.29 is 29.1 Å². The van der Waals surface area contributed by atoms with Gasteiger partial charge in [-0.15, -0.1) is 0 Å². The minimum atomic E-state index is -1.17. The van der Waals surface area contributed by atoms with Gasteiger partial charge in [-0.05, 0) is 100 Å². The molecule has 0 bridgehead atoms. The third kappa shape index (κ3) is 4.05. The Balaban J connectivity index is 1.25. The second-order valence-corrected chi connectivity index (χ2v) is 12.5. The number of ketones is 1. The van der Waals surface area contributed by atoms with E-state index >= 15 is 0 Å². The first-order valence-corrected chi connectivity index (χ1v) is 14.1. The topological polar surface area (TPSA) is 106 Å². The molecule has 0 aromatic rings. The number of hydrogen-bond acceptors (Lipinski definition) is 7. The molecule has 0 unspecified atom stereocenters. The van der Waals surface area contributed by atoms with Crippen molar-refractivity contribution in [3.05, 3.63) is 11.6 Å². The van der Waals surface area contributed by atoms with Crippen LogP contribution in [0.2, 0.25) is 0 Å². The molecule has 5 rings (SSSR count). The number of rotatable bonds is 5. The molecule has 1 aliphatic heterocycles. The summed E-state index contributed by atoms with van der Waals surface area (Å²) in [5.41, 5.74) is 0.896. The highest BCUT2D eigenvalue weighted by Crippen LogP contribution is 2.67. The lowest BCUT2D eigenvalue weighted by atomic mass is 9.46. The number of esters is 1. The van der Waals surface area contributed by atoms with Gasteiger partial charge < -0.3 is 19.6 Å². The number of aliphatic hydroxyl groups is 1. The fourth-order valence-corrected chi connectivity index (χ4v) is 8.94. The molecule has 0 spiro atoms. The van der Waals surface area contributed by atoms with E-state index in [0.29, 0.717) is 37.1 Å². The van der Waals surface area contributed by atoms with Crippen LogP contribution < -0.4 is 0 Å². The first kappa shape index (κ1) is 26.4. The number of carbonyl (C=O) groups excluding carboxylic acids is 3. The molecule has 1 saturated heterocycles. The predicted molar refractivity (Wildman–Crippen MR) is 137 cm³/mol. The molecule has 0 radical (unpaired) electrons. The van der Waals surface area contributed by atoms with E-state index in [0.717, 1.165) is 57.1 Å². The van der Waals surface area contributed by atoms with E-state index in [-0.39, 0.29) is 35.1 Å². The van der Waals surface area contributed by atoms with Gasteiger partial charge >= 0.3 is 5.97 Å². The molecule has 1 amide bonds. The van der Waals surface area contributed by atoms with Crippen molar-refractivity contribution in [1.82, 2.24) is 4.90 Å². The lowest BCUT2D eigenvalue weighted by Gasteiger charge is -2.59. The van der Waals surface area contributed by atoms with Gasteiger partial charge in [-0.3, -0.25) is 9.59 Å². The SMILES string of the molecule is COC(=O)[C@@H]1CCCN1C(=O)CON=C1C=C2CC[C@H]3[C@@H](CC[C@@]4(C)[C@H]3CC[C@]4(O)C(C)=O)[C@@]2(C)CC1. The van der Waals surface area contributed by atoms with Gasteiger partial charge in [-0.25, -0.2) is 4.79 Å². The molecular weight excluding hydrogens is 472 g/mol. The summed E-state index contributed by atoms with van der Waals surface area (Å²) >= 11 is 0. The number of carbonyl (C=O) groups is 3. The Morgan fingerprint density at radius 1 is 1.08 bits per heavy atom. The van der Waals surface area contributed by atoms with Crippen LogP contribution in [0.4, 0.5) is 0 Å². The lowest BCUT2D eigenvalue weighted by molar-refractivity contribution is -0.159. The zero-order valence-electron chi connectivity index (χ0n) is 22.8. The second-order valence-electron chi connectivity index (χ2n) is 12.5. The number of allylic oxidation sites excluding steroid dienone is 2. The predicted octanol–water partition coefficient (Wildman–Crippen LogP) is 3.81. The summed E-state index contributed by atoms with van der Waals surface area (Å²) in [6.45, 7) is 6.47. The van der Waals surface area contributed by atoms with Crippen LogP contribution in [0.3, 0.4) is 0 Å². The zero-order valence-corrected chi connectivity index (χ0v) is 22.8. The Labute approximate surface area is 219 Å². The maximum atomic E-state index is 12.6. The van der Waals surface area contributed by atoms with E-state index in [2.05, 4.69) is 25.1 Å². The molecule has 3 saturated carbocycles. The summed E-state index contributed by atoms with van der Waals surface area (Å²) in [7, 11) is 1.34. The molecule has 4 aliphatic carbocycles. The molecule has 7 atom stereocenters. The molecule has 8 heteroatoms. The molecule has 0 aromatic heterocycles. The van der Waals surface area contributed by atoms with Crippen LogP contribution in [-0.4, -0.2) is 65.3 Å². The Hall–Kier alpha value is -2.22. The third-order valence-electron chi connectivity index (χ3n) is 11.1. The van der Waals surface area contributed by atoms with E-state index in [1.165, 1.54) is 17.6 Å². The molecule has 1 heterocycles. The van der Waals surface area contributed by atoms with Gasteiger partial charge in [-0.1, -0.05) is 24.6 Å². The first-order chi connectivity index (χ1) is 17.5. The summed E-state index contributed by atoms with van der Waals surface area (Å²) in [6, 6.07) is -0.523. The van der Waals surface area contributed by atoms with Crippen molar-refractivity contribution in [1.29, 1.82) is 0 Å². The normalized spacial score (nSPS) is 41.9. The molecule has 5 aliphatic rings. The molecule has 37 heavy (non-hydrogen) atoms. The van der Waals surface area contributed by atoms with E-state index in [9.17, 15) is 19.5 Å². The largest absolute Gasteiger partial charge is 0.467 e. The van der Waals surface area contributed by atoms with Crippen molar-refractivity contribution in [3.8, 4) is 0 Å². The highest BCUT2D eigenvalue weighted by molar-refractivity contribution is 5.96. The Morgan fingerprint density at radius 3 is 2.57 bits per heavy atom. The number of Topliss-reactive ketones (excluding diaryl/α,β-unsaturated/α-hetero) is 1. The minimum Gasteiger partial charge on any atom is -0.467 e. The third-order valence-corrected chi connectivity index (χ3v) is 11.1. The summed E-state index contributed by atoms with van der Waals surface area (Å²) in [6.07, 6.45) is 10.9. The Morgan fingerprint density at radius 2 is 1.84 bits per heavy atom. The number of nitrogens with zero attached hydrogens (tertiary/aromatic N) is 2. The minimum absolute atomic E-state index is 0.0684. The van der Waals surface area contributed by atoms with Gasteiger partial charge in [0.1, 0.15) is 11.6 Å². The van der Waals surface area contributed by atoms with Crippen LogP contribution >= 0.6 is 0 Å². The van der Waals surface area contributed by atoms with Gasteiger partial charge in [0, 0.05) is 12.0 Å². The average Bonchev–Trinajstić information content (AvgIpc) is 3.47. The maximum Gasteiger partial charge on any atom is 0.328 e. The molecule has 0 aromatic carbocycles. The number of amides is 1. The highest BCUT2D eigenvalue weighted by atomic mass is 16.6. The van der Waals surface area contributed by atoms with Crippen molar-refractivity contribution in [2.45, 2.75) is 96.6 Å². The van der Waals surface area contributed by atoms with Crippen molar-refractivity contribution in [2.75, 3.05) is 20.3 Å². The molecule has 1 N–H and O–H groups in total. The number of ether oxygens (including phenoxy) is 1. The fourth-order valence-electron chi connectivity index (χ4n) is 8.94. The second kappa shape index (κ2) is 9.51. The summed E-state index contributed by atoms with van der Waals surface area (Å²) in [5.74, 6) is 0.789. The highest BCUT2D eigenvalue weighted by Gasteiger charge is 2.65. The van der Waals surface area contributed by atoms with Gasteiger partial charge in [0.15, 0.2) is 12.4 Å². The summed E-state index contributed by atoms with van der Waals surface area (Å²) in [4.78, 5) is 44.0. The van der Waals surface area contributed by atoms with E-state index < -0.39 is 11.6 Å². The Bertz CT molecular complexity index is 1040. The van der Waals surface area contributed by atoms with Crippen LogP contribution in [0.15, 0.2) is 16.8 Å². The zero-order chi connectivity index (χ0) is 26.6. The number of hydrogen-bond donors (Lipinski definition) is 1. The van der Waals surface area contributed by atoms with Crippen LogP contribution in [0.5, 0.6) is 0 Å². The van der Waals surface area contributed by atoms with Gasteiger partial charge in [0.05, 0.1) is 12.8 Å². The van der Waals surface area contributed by atoms with Gasteiger partial charge in [0.2, 0.25) is 0 Å². The van der Waals surface area contributed by atoms with Crippen LogP contribution in [0.25, 0.3) is 0 Å². The molecular formula is C29H42N2O6. The average molecular weight is 515 g/mol.